The summed E-state index contributed by atoms with van der Waals surface area (Å²) in [5.41, 5.74) is 3.47. The molecule has 0 bridgehead atoms. The highest BCUT2D eigenvalue weighted by Crippen LogP contribution is 2.48. The van der Waals surface area contributed by atoms with Gasteiger partial charge in [0.1, 0.15) is 21.2 Å². The Kier molecular flexibility index (Phi) is 7.97. The van der Waals surface area contributed by atoms with E-state index in [-0.39, 0.29) is 17.1 Å². The van der Waals surface area contributed by atoms with E-state index in [9.17, 15) is 49.6 Å². The third kappa shape index (κ3) is 6.61. The van der Waals surface area contributed by atoms with Gasteiger partial charge in [-0.25, -0.2) is 0 Å². The summed E-state index contributed by atoms with van der Waals surface area (Å²) in [6, 6.07) is 9.91. The van der Waals surface area contributed by atoms with Crippen molar-refractivity contribution in [3.05, 3.63) is 70.8 Å². The molecule has 4 rings (SSSR count). The molecule has 224 valence electrons. The topological polar surface area (TPSA) is 302 Å². The van der Waals surface area contributed by atoms with Gasteiger partial charge in [-0.3, -0.25) is 23.8 Å². The fourth-order valence-corrected chi connectivity index (χ4v) is 5.45. The number of rotatable bonds is 8. The van der Waals surface area contributed by atoms with E-state index >= 15 is 0 Å². The predicted molar refractivity (Wildman–Crippen MR) is 147 cm³/mol. The number of benzene rings is 4. The quantitative estimate of drug-likeness (QED) is 0.0571. The van der Waals surface area contributed by atoms with Gasteiger partial charge in [0.25, 0.3) is 36.0 Å². The predicted octanol–water partition coefficient (Wildman–Crippen LogP) is 4.61. The number of non-ortho nitro benzene ring substituents is 1. The van der Waals surface area contributed by atoms with Crippen LogP contribution >= 0.6 is 0 Å². The lowest BCUT2D eigenvalue weighted by molar-refractivity contribution is -0.384. The summed E-state index contributed by atoms with van der Waals surface area (Å²) < 4.78 is 99.8. The van der Waals surface area contributed by atoms with Crippen molar-refractivity contribution in [1.29, 1.82) is 0 Å². The van der Waals surface area contributed by atoms with E-state index in [4.69, 9.17) is 10.3 Å². The normalized spacial score (nSPS) is 12.8. The van der Waals surface area contributed by atoms with Gasteiger partial charge in [-0.1, -0.05) is 0 Å². The second kappa shape index (κ2) is 11.0. The average molecular weight is 653 g/mol. The number of nitro groups is 1. The van der Waals surface area contributed by atoms with Gasteiger partial charge in [-0.15, -0.1) is 10.2 Å². The van der Waals surface area contributed by atoms with E-state index in [1.807, 2.05) is 0 Å². The molecule has 0 saturated carbocycles. The zero-order valence-electron chi connectivity index (χ0n) is 20.9. The summed E-state index contributed by atoms with van der Waals surface area (Å²) >= 11 is 0. The number of nitrogens with zero attached hydrogens (tertiary/aromatic N) is 5. The first-order chi connectivity index (χ1) is 19.9. The molecule has 0 aliphatic rings. The van der Waals surface area contributed by atoms with Crippen LogP contribution in [0.2, 0.25) is 0 Å². The van der Waals surface area contributed by atoms with Crippen molar-refractivity contribution in [2.45, 2.75) is 14.7 Å². The number of phenols is 1. The second-order valence-corrected chi connectivity index (χ2v) is 12.6. The highest BCUT2D eigenvalue weighted by Gasteiger charge is 2.28. The van der Waals surface area contributed by atoms with Gasteiger partial charge in [0.05, 0.1) is 32.3 Å². The number of nitro benzene ring substituents is 1. The van der Waals surface area contributed by atoms with Crippen LogP contribution in [-0.2, 0) is 30.4 Å². The Morgan fingerprint density at radius 3 is 1.56 bits per heavy atom. The van der Waals surface area contributed by atoms with Crippen LogP contribution in [0.15, 0.2) is 95.8 Å². The number of anilines is 1. The van der Waals surface area contributed by atoms with Crippen molar-refractivity contribution in [2.24, 2.45) is 20.5 Å². The second-order valence-electron chi connectivity index (χ2n) is 8.40. The van der Waals surface area contributed by atoms with E-state index < -0.39 is 83.5 Å². The van der Waals surface area contributed by atoms with Crippen LogP contribution in [0.25, 0.3) is 10.8 Å². The minimum atomic E-state index is -5.17. The third-order valence-electron chi connectivity index (χ3n) is 5.60. The molecule has 0 amide bonds. The molecular formula is C22H16N6O12S3. The molecule has 4 aromatic carbocycles. The maximum absolute atomic E-state index is 12.2. The largest absolute Gasteiger partial charge is 0.505 e. The molecule has 0 fully saturated rings. The standard InChI is InChI=1S/C22H16N6O12S3/c23-19-18-11(9-16(42(35,36)37)20(19)26-24-12-1-5-14(6-2-12)28(30)31)10-17(43(38,39)40)21(22(18)29)27-25-13-3-7-15(8-4-13)41(32,33)34/h1-10,29H,23H2,(H,32,33,34)(H,35,36,37)(H,38,39,40). The van der Waals surface area contributed by atoms with Crippen LogP contribution < -0.4 is 5.73 Å². The fourth-order valence-electron chi connectivity index (χ4n) is 3.65. The van der Waals surface area contributed by atoms with Crippen LogP contribution in [0.4, 0.5) is 34.1 Å². The molecule has 0 radical (unpaired) electrons. The maximum Gasteiger partial charge on any atom is 0.296 e. The molecule has 18 nitrogen and oxygen atoms in total. The smallest absolute Gasteiger partial charge is 0.296 e. The van der Waals surface area contributed by atoms with Gasteiger partial charge in [-0.2, -0.15) is 35.5 Å². The number of aromatic hydroxyl groups is 1. The van der Waals surface area contributed by atoms with Gasteiger partial charge in [-0.05, 0) is 53.9 Å². The summed E-state index contributed by atoms with van der Waals surface area (Å²) in [7, 11) is -14.8. The number of phenolic OH excluding ortho intramolecular Hbond substituents is 1. The molecule has 0 aliphatic carbocycles. The van der Waals surface area contributed by atoms with E-state index in [0.717, 1.165) is 36.4 Å². The molecule has 4 aromatic rings. The van der Waals surface area contributed by atoms with Crippen molar-refractivity contribution in [3.63, 3.8) is 0 Å². The average Bonchev–Trinajstić information content (AvgIpc) is 2.90. The van der Waals surface area contributed by atoms with Gasteiger partial charge in [0, 0.05) is 12.1 Å². The summed E-state index contributed by atoms with van der Waals surface area (Å²) in [4.78, 5) is 7.66. The van der Waals surface area contributed by atoms with Crippen molar-refractivity contribution < 1.29 is 48.9 Å². The van der Waals surface area contributed by atoms with Crippen LogP contribution in [0.5, 0.6) is 5.75 Å². The number of hydrogen-bond acceptors (Lipinski definition) is 14. The van der Waals surface area contributed by atoms with Crippen LogP contribution in [0, 0.1) is 10.1 Å². The molecule has 0 spiro atoms. The van der Waals surface area contributed by atoms with Gasteiger partial charge in [0.2, 0.25) is 0 Å². The van der Waals surface area contributed by atoms with E-state index in [1.165, 1.54) is 12.1 Å². The summed E-state index contributed by atoms with van der Waals surface area (Å²) in [5, 5.41) is 35.8. The maximum atomic E-state index is 12.2. The molecular weight excluding hydrogens is 636 g/mol. The van der Waals surface area contributed by atoms with E-state index in [2.05, 4.69) is 20.5 Å². The van der Waals surface area contributed by atoms with Gasteiger partial charge < -0.3 is 10.8 Å². The van der Waals surface area contributed by atoms with Crippen molar-refractivity contribution in [3.8, 4) is 5.75 Å². The molecule has 0 heterocycles. The first-order valence-electron chi connectivity index (χ1n) is 11.1. The summed E-state index contributed by atoms with van der Waals surface area (Å²) in [6.45, 7) is 0. The Bertz CT molecular complexity index is 2180. The Labute approximate surface area is 241 Å². The zero-order chi connectivity index (χ0) is 31.9. The molecule has 0 unspecified atom stereocenters. The van der Waals surface area contributed by atoms with Crippen LogP contribution in [-0.4, -0.2) is 48.9 Å². The molecule has 21 heteroatoms. The zero-order valence-corrected chi connectivity index (χ0v) is 23.3. The lowest BCUT2D eigenvalue weighted by Crippen LogP contribution is -2.03. The van der Waals surface area contributed by atoms with E-state index in [0.29, 0.717) is 12.1 Å². The number of nitrogens with two attached hydrogens (primary N) is 1. The molecule has 0 aromatic heterocycles. The molecule has 0 atom stereocenters. The van der Waals surface area contributed by atoms with Crippen molar-refractivity contribution in [1.82, 2.24) is 0 Å². The summed E-state index contributed by atoms with van der Waals surface area (Å²) in [5.74, 6) is -1.03. The van der Waals surface area contributed by atoms with Crippen molar-refractivity contribution in [2.75, 3.05) is 5.73 Å². The number of fused-ring (bicyclic) bond motifs is 1. The lowest BCUT2D eigenvalue weighted by Gasteiger charge is -2.14. The number of nitrogen functional groups attached to an aromatic ring is 1. The van der Waals surface area contributed by atoms with Crippen molar-refractivity contribution >= 4 is 75.3 Å². The van der Waals surface area contributed by atoms with E-state index in [1.54, 1.807) is 0 Å². The van der Waals surface area contributed by atoms with Gasteiger partial charge >= 0.3 is 0 Å². The van der Waals surface area contributed by atoms with Crippen LogP contribution in [0.1, 0.15) is 0 Å². The summed E-state index contributed by atoms with van der Waals surface area (Å²) in [6.07, 6.45) is 0. The Morgan fingerprint density at radius 1 is 0.674 bits per heavy atom. The molecule has 6 N–H and O–H groups in total. The minimum absolute atomic E-state index is 0.00756. The lowest BCUT2D eigenvalue weighted by atomic mass is 10.1. The Hall–Kier alpha value is -4.93. The number of azo groups is 2. The fraction of sp³-hybridized carbons (Fsp3) is 0. The molecule has 43 heavy (non-hydrogen) atoms. The first kappa shape index (κ1) is 31.0. The minimum Gasteiger partial charge on any atom is -0.505 e. The first-order valence-corrected chi connectivity index (χ1v) is 15.4. The van der Waals surface area contributed by atoms with Gasteiger partial charge in [0.15, 0.2) is 5.75 Å². The molecule has 0 saturated heterocycles. The SMILES string of the molecule is Nc1c(N=Nc2ccc([N+](=O)[O-])cc2)c(S(=O)(=O)O)cc2cc(S(=O)(=O)O)c(N=Nc3ccc(S(=O)(=O)O)cc3)c(O)c12. The van der Waals surface area contributed by atoms with Crippen LogP contribution in [0.3, 0.4) is 0 Å². The third-order valence-corrected chi connectivity index (χ3v) is 8.20. The number of hydrogen-bond donors (Lipinski definition) is 5. The highest BCUT2D eigenvalue weighted by atomic mass is 32.2. The Balaban J connectivity index is 1.95. The highest BCUT2D eigenvalue weighted by molar-refractivity contribution is 7.86. The Morgan fingerprint density at radius 2 is 1.12 bits per heavy atom. The molecule has 0 aliphatic heterocycles. The monoisotopic (exact) mass is 652 g/mol.